The molecule has 2 aliphatic carbocycles. The van der Waals surface area contributed by atoms with Crippen molar-refractivity contribution >= 4 is 28.5 Å². The molecule has 0 bridgehead atoms. The predicted molar refractivity (Wildman–Crippen MR) is 124 cm³/mol. The lowest BCUT2D eigenvalue weighted by atomic mass is 9.94. The molecule has 4 N–H and O–H groups in total. The van der Waals surface area contributed by atoms with E-state index in [0.29, 0.717) is 36.6 Å². The molecule has 4 rings (SSSR count). The summed E-state index contributed by atoms with van der Waals surface area (Å²) in [5.41, 5.74) is 1.05. The van der Waals surface area contributed by atoms with Crippen molar-refractivity contribution in [1.82, 2.24) is 15.6 Å². The standard InChI is InChI=1S/C25H30N4O5/c1-34-23-7-3-5-17-16(23)12-20(27-17)25(33)29-19(10-14-8-9-14)24(32)28-18(22(31)13-26)11-15-4-2-6-21(15)30/h3,5,7,12,14-15,18-19,22,27,31H,2,4,6,8-11H2,1H3,(H,28,32)(H,29,33)/t15-,18-,19-,22?/m0/s1. The molecule has 1 aromatic heterocycles. The van der Waals surface area contributed by atoms with E-state index in [1.54, 1.807) is 25.3 Å². The van der Waals surface area contributed by atoms with Crippen molar-refractivity contribution in [2.45, 2.75) is 63.1 Å². The average molecular weight is 467 g/mol. The number of hydrogen-bond donors (Lipinski definition) is 4. The number of fused-ring (bicyclic) bond motifs is 1. The Hall–Kier alpha value is -3.38. The van der Waals surface area contributed by atoms with Gasteiger partial charge in [-0.2, -0.15) is 5.26 Å². The third-order valence-corrected chi connectivity index (χ3v) is 6.79. The van der Waals surface area contributed by atoms with E-state index in [1.165, 1.54) is 0 Å². The fourth-order valence-electron chi connectivity index (χ4n) is 4.67. The van der Waals surface area contributed by atoms with Crippen LogP contribution in [0.3, 0.4) is 0 Å². The van der Waals surface area contributed by atoms with Crippen LogP contribution in [0.1, 0.15) is 55.4 Å². The largest absolute Gasteiger partial charge is 0.496 e. The van der Waals surface area contributed by atoms with Gasteiger partial charge in [0.05, 0.1) is 19.2 Å². The van der Waals surface area contributed by atoms with E-state index >= 15 is 0 Å². The number of Topliss-reactive ketones (excluding diaryl/α,β-unsaturated/α-hetero) is 1. The number of carbonyl (C=O) groups excluding carboxylic acids is 3. The van der Waals surface area contributed by atoms with Crippen LogP contribution in [0.2, 0.25) is 0 Å². The monoisotopic (exact) mass is 466 g/mol. The SMILES string of the molecule is COc1cccc2[nH]c(C(=O)N[C@@H](CC3CC3)C(=O)N[C@@H](C[C@@H]3CCCC3=O)C(O)C#N)cc12. The number of rotatable bonds is 10. The van der Waals surface area contributed by atoms with E-state index < -0.39 is 30.0 Å². The van der Waals surface area contributed by atoms with Crippen molar-refractivity contribution in [3.05, 3.63) is 30.0 Å². The molecule has 1 heterocycles. The smallest absolute Gasteiger partial charge is 0.268 e. The summed E-state index contributed by atoms with van der Waals surface area (Å²) in [4.78, 5) is 41.3. The number of ketones is 1. The number of carbonyl (C=O) groups is 3. The Morgan fingerprint density at radius 2 is 2.06 bits per heavy atom. The maximum Gasteiger partial charge on any atom is 0.268 e. The number of nitrogens with zero attached hydrogens (tertiary/aromatic N) is 1. The Kier molecular flexibility index (Phi) is 7.17. The average Bonchev–Trinajstić information content (AvgIpc) is 3.39. The summed E-state index contributed by atoms with van der Waals surface area (Å²) < 4.78 is 5.35. The second kappa shape index (κ2) is 10.3. The number of aliphatic hydroxyl groups excluding tert-OH is 1. The Bertz CT molecular complexity index is 1120. The van der Waals surface area contributed by atoms with Gasteiger partial charge in [0.15, 0.2) is 6.10 Å². The molecule has 2 aromatic rings. The number of nitriles is 1. The number of ether oxygens (including phenoxy) is 1. The zero-order valence-corrected chi connectivity index (χ0v) is 19.2. The summed E-state index contributed by atoms with van der Waals surface area (Å²) in [5.74, 6) is -0.0851. The van der Waals surface area contributed by atoms with Crippen molar-refractivity contribution in [2.75, 3.05) is 7.11 Å². The molecule has 180 valence electrons. The van der Waals surface area contributed by atoms with Crippen LogP contribution in [0.25, 0.3) is 10.9 Å². The van der Waals surface area contributed by atoms with Crippen LogP contribution >= 0.6 is 0 Å². The molecule has 9 heteroatoms. The lowest BCUT2D eigenvalue weighted by Crippen LogP contribution is -2.53. The minimum Gasteiger partial charge on any atom is -0.496 e. The molecule has 2 saturated carbocycles. The highest BCUT2D eigenvalue weighted by atomic mass is 16.5. The third kappa shape index (κ3) is 5.39. The first-order valence-corrected chi connectivity index (χ1v) is 11.8. The van der Waals surface area contributed by atoms with Crippen LogP contribution in [0.15, 0.2) is 24.3 Å². The Labute approximate surface area is 197 Å². The molecule has 9 nitrogen and oxygen atoms in total. The number of H-pyrrole nitrogens is 1. The van der Waals surface area contributed by atoms with Crippen LogP contribution in [0.4, 0.5) is 0 Å². The first kappa shape index (κ1) is 23.8. The highest BCUT2D eigenvalue weighted by molar-refractivity contribution is 6.01. The summed E-state index contributed by atoms with van der Waals surface area (Å²) in [6.45, 7) is 0. The van der Waals surface area contributed by atoms with Gasteiger partial charge in [-0.15, -0.1) is 0 Å². The molecule has 4 atom stereocenters. The summed E-state index contributed by atoms with van der Waals surface area (Å²) in [6, 6.07) is 7.21. The minimum absolute atomic E-state index is 0.0986. The van der Waals surface area contributed by atoms with Gasteiger partial charge in [-0.05, 0) is 49.8 Å². The third-order valence-electron chi connectivity index (χ3n) is 6.79. The van der Waals surface area contributed by atoms with Gasteiger partial charge in [-0.25, -0.2) is 0 Å². The fourth-order valence-corrected chi connectivity index (χ4v) is 4.67. The fraction of sp³-hybridized carbons (Fsp3) is 0.520. The highest BCUT2D eigenvalue weighted by Crippen LogP contribution is 2.34. The maximum atomic E-state index is 13.2. The summed E-state index contributed by atoms with van der Waals surface area (Å²) in [5, 5.41) is 25.7. The maximum absolute atomic E-state index is 13.2. The Morgan fingerprint density at radius 3 is 2.71 bits per heavy atom. The van der Waals surface area contributed by atoms with Crippen molar-refractivity contribution in [3.8, 4) is 11.8 Å². The Balaban J connectivity index is 1.48. The van der Waals surface area contributed by atoms with E-state index in [-0.39, 0.29) is 18.1 Å². The minimum atomic E-state index is -1.43. The van der Waals surface area contributed by atoms with Crippen LogP contribution in [0.5, 0.6) is 5.75 Å². The molecule has 2 fully saturated rings. The number of nitrogens with one attached hydrogen (secondary N) is 3. The van der Waals surface area contributed by atoms with Crippen LogP contribution < -0.4 is 15.4 Å². The van der Waals surface area contributed by atoms with E-state index in [1.807, 2.05) is 12.1 Å². The molecule has 2 aliphatic rings. The van der Waals surface area contributed by atoms with E-state index in [4.69, 9.17) is 4.74 Å². The zero-order valence-electron chi connectivity index (χ0n) is 19.2. The molecule has 0 aliphatic heterocycles. The van der Waals surface area contributed by atoms with Crippen LogP contribution in [-0.4, -0.2) is 53.0 Å². The number of aromatic amines is 1. The number of benzene rings is 1. The summed E-state index contributed by atoms with van der Waals surface area (Å²) >= 11 is 0. The van der Waals surface area contributed by atoms with Gasteiger partial charge in [-0.1, -0.05) is 18.9 Å². The quantitative estimate of drug-likeness (QED) is 0.395. The number of amides is 2. The molecule has 0 radical (unpaired) electrons. The zero-order chi connectivity index (χ0) is 24.2. The first-order valence-electron chi connectivity index (χ1n) is 11.8. The molecule has 1 unspecified atom stereocenters. The molecular formula is C25H30N4O5. The van der Waals surface area contributed by atoms with Crippen LogP contribution in [-0.2, 0) is 9.59 Å². The van der Waals surface area contributed by atoms with E-state index in [0.717, 1.165) is 30.2 Å². The molecule has 2 amide bonds. The summed E-state index contributed by atoms with van der Waals surface area (Å²) in [7, 11) is 1.56. The molecular weight excluding hydrogens is 436 g/mol. The lowest BCUT2D eigenvalue weighted by molar-refractivity contribution is -0.126. The molecule has 0 spiro atoms. The van der Waals surface area contributed by atoms with Crippen molar-refractivity contribution in [1.29, 1.82) is 5.26 Å². The molecule has 34 heavy (non-hydrogen) atoms. The van der Waals surface area contributed by atoms with E-state index in [9.17, 15) is 24.8 Å². The number of hydrogen-bond acceptors (Lipinski definition) is 6. The second-order valence-electron chi connectivity index (χ2n) is 9.29. The first-order chi connectivity index (χ1) is 16.4. The molecule has 1 aromatic carbocycles. The highest BCUT2D eigenvalue weighted by Gasteiger charge is 2.35. The topological polar surface area (TPSA) is 144 Å². The van der Waals surface area contributed by atoms with Gasteiger partial charge < -0.3 is 25.5 Å². The normalized spacial score (nSPS) is 20.4. The predicted octanol–water partition coefficient (Wildman–Crippen LogP) is 2.20. The lowest BCUT2D eigenvalue weighted by Gasteiger charge is -2.26. The van der Waals surface area contributed by atoms with Crippen molar-refractivity contribution in [2.24, 2.45) is 11.8 Å². The second-order valence-corrected chi connectivity index (χ2v) is 9.29. The van der Waals surface area contributed by atoms with Gasteiger partial charge in [0.25, 0.3) is 5.91 Å². The van der Waals surface area contributed by atoms with Gasteiger partial charge in [0.1, 0.15) is 23.3 Å². The van der Waals surface area contributed by atoms with Gasteiger partial charge in [0.2, 0.25) is 5.91 Å². The van der Waals surface area contributed by atoms with Gasteiger partial charge >= 0.3 is 0 Å². The van der Waals surface area contributed by atoms with E-state index in [2.05, 4.69) is 15.6 Å². The molecule has 0 saturated heterocycles. The number of aromatic nitrogens is 1. The Morgan fingerprint density at radius 1 is 1.26 bits per heavy atom. The van der Waals surface area contributed by atoms with Crippen molar-refractivity contribution in [3.63, 3.8) is 0 Å². The van der Waals surface area contributed by atoms with Crippen molar-refractivity contribution < 1.29 is 24.2 Å². The van der Waals surface area contributed by atoms with Crippen LogP contribution in [0, 0.1) is 23.2 Å². The number of aliphatic hydroxyl groups is 1. The van der Waals surface area contributed by atoms with Gasteiger partial charge in [-0.3, -0.25) is 14.4 Å². The number of methoxy groups -OCH3 is 1. The summed E-state index contributed by atoms with van der Waals surface area (Å²) in [6.07, 6.45) is 3.19. The van der Waals surface area contributed by atoms with Gasteiger partial charge in [0, 0.05) is 23.2 Å².